The lowest BCUT2D eigenvalue weighted by molar-refractivity contribution is -0.384. The van der Waals surface area contributed by atoms with Gasteiger partial charge in [0.1, 0.15) is 0 Å². The van der Waals surface area contributed by atoms with Crippen molar-refractivity contribution in [2.24, 2.45) is 0 Å². The Labute approximate surface area is 122 Å². The van der Waals surface area contributed by atoms with Gasteiger partial charge in [-0.1, -0.05) is 54.6 Å². The van der Waals surface area contributed by atoms with Crippen molar-refractivity contribution in [1.29, 1.82) is 5.26 Å². The second kappa shape index (κ2) is 6.83. The maximum Gasteiger partial charge on any atom is 0.270 e. The number of nitro benzene ring substituents is 1. The van der Waals surface area contributed by atoms with Gasteiger partial charge in [-0.05, 0) is 17.2 Å². The average Bonchev–Trinajstić information content (AvgIpc) is 2.53. The fraction of sp³-hybridized carbons (Fsp3) is 0. The van der Waals surface area contributed by atoms with Crippen LogP contribution in [0.4, 0.5) is 5.69 Å². The van der Waals surface area contributed by atoms with Crippen LogP contribution in [0, 0.1) is 21.4 Å². The molecule has 0 N–H and O–H groups in total. The van der Waals surface area contributed by atoms with Gasteiger partial charge >= 0.3 is 0 Å². The van der Waals surface area contributed by atoms with E-state index >= 15 is 0 Å². The molecule has 0 aliphatic heterocycles. The van der Waals surface area contributed by atoms with E-state index in [1.807, 2.05) is 30.3 Å². The smallest absolute Gasteiger partial charge is 0.258 e. The van der Waals surface area contributed by atoms with E-state index in [2.05, 4.69) is 6.07 Å². The number of benzene rings is 2. The fourth-order valence-electron chi connectivity index (χ4n) is 1.81. The standard InChI is InChI=1S/C17H12N2O2/c18-13-16(15-8-2-1-3-9-15)10-4-6-14-7-5-11-17(12-14)19(20)21/h1-12H/b6-4+,16-10+. The van der Waals surface area contributed by atoms with Crippen molar-refractivity contribution in [2.75, 3.05) is 0 Å². The molecule has 0 saturated carbocycles. The van der Waals surface area contributed by atoms with Crippen molar-refractivity contribution in [2.45, 2.75) is 0 Å². The first kappa shape index (κ1) is 14.2. The molecule has 4 heteroatoms. The number of rotatable bonds is 4. The molecule has 4 nitrogen and oxygen atoms in total. The molecule has 0 radical (unpaired) electrons. The monoisotopic (exact) mass is 276 g/mol. The highest BCUT2D eigenvalue weighted by molar-refractivity contribution is 5.78. The summed E-state index contributed by atoms with van der Waals surface area (Å²) in [5.41, 5.74) is 2.14. The Morgan fingerprint density at radius 1 is 1.14 bits per heavy atom. The molecule has 0 spiro atoms. The third kappa shape index (κ3) is 3.88. The number of nitro groups is 1. The van der Waals surface area contributed by atoms with Crippen LogP contribution in [-0.2, 0) is 0 Å². The van der Waals surface area contributed by atoms with Crippen LogP contribution in [-0.4, -0.2) is 4.92 Å². The topological polar surface area (TPSA) is 66.9 Å². The lowest BCUT2D eigenvalue weighted by Crippen LogP contribution is -1.87. The molecule has 0 fully saturated rings. The summed E-state index contributed by atoms with van der Waals surface area (Å²) in [4.78, 5) is 10.3. The van der Waals surface area contributed by atoms with Gasteiger partial charge in [-0.3, -0.25) is 10.1 Å². The summed E-state index contributed by atoms with van der Waals surface area (Å²) in [6, 6.07) is 17.8. The van der Waals surface area contributed by atoms with E-state index in [0.29, 0.717) is 11.1 Å². The first-order valence-electron chi connectivity index (χ1n) is 6.29. The van der Waals surface area contributed by atoms with E-state index in [1.54, 1.807) is 30.4 Å². The highest BCUT2D eigenvalue weighted by Gasteiger charge is 2.03. The Bertz CT molecular complexity index is 741. The first-order chi connectivity index (χ1) is 10.2. The van der Waals surface area contributed by atoms with Crippen LogP contribution >= 0.6 is 0 Å². The van der Waals surface area contributed by atoms with Crippen LogP contribution in [0.2, 0.25) is 0 Å². The van der Waals surface area contributed by atoms with Gasteiger partial charge < -0.3 is 0 Å². The molecule has 0 saturated heterocycles. The lowest BCUT2D eigenvalue weighted by atomic mass is 10.1. The van der Waals surface area contributed by atoms with E-state index < -0.39 is 4.92 Å². The second-order valence-corrected chi connectivity index (χ2v) is 4.27. The van der Waals surface area contributed by atoms with Crippen LogP contribution in [0.3, 0.4) is 0 Å². The van der Waals surface area contributed by atoms with Crippen LogP contribution < -0.4 is 0 Å². The maximum atomic E-state index is 10.7. The summed E-state index contributed by atoms with van der Waals surface area (Å²) in [5, 5.41) is 19.8. The molecule has 0 aliphatic rings. The number of non-ortho nitro benzene ring substituents is 1. The molecular weight excluding hydrogens is 264 g/mol. The van der Waals surface area contributed by atoms with E-state index in [0.717, 1.165) is 5.56 Å². The zero-order chi connectivity index (χ0) is 15.1. The molecule has 0 heterocycles. The normalized spacial score (nSPS) is 11.3. The molecule has 102 valence electrons. The highest BCUT2D eigenvalue weighted by atomic mass is 16.6. The molecular formula is C17H12N2O2. The number of nitrogens with zero attached hydrogens (tertiary/aromatic N) is 2. The van der Waals surface area contributed by atoms with Gasteiger partial charge in [0.15, 0.2) is 0 Å². The minimum atomic E-state index is -0.433. The number of hydrogen-bond acceptors (Lipinski definition) is 3. The molecule has 0 aromatic heterocycles. The van der Waals surface area contributed by atoms with Crippen LogP contribution in [0.25, 0.3) is 11.6 Å². The van der Waals surface area contributed by atoms with Crippen molar-refractivity contribution >= 4 is 17.3 Å². The van der Waals surface area contributed by atoms with E-state index in [1.165, 1.54) is 12.1 Å². The molecule has 0 aliphatic carbocycles. The second-order valence-electron chi connectivity index (χ2n) is 4.27. The maximum absolute atomic E-state index is 10.7. The fourth-order valence-corrected chi connectivity index (χ4v) is 1.81. The lowest BCUT2D eigenvalue weighted by Gasteiger charge is -1.96. The van der Waals surface area contributed by atoms with Crippen molar-refractivity contribution < 1.29 is 4.92 Å². The molecule has 0 bridgehead atoms. The van der Waals surface area contributed by atoms with Crippen LogP contribution in [0.5, 0.6) is 0 Å². The Morgan fingerprint density at radius 2 is 1.90 bits per heavy atom. The summed E-state index contributed by atoms with van der Waals surface area (Å²) in [7, 11) is 0. The first-order valence-corrected chi connectivity index (χ1v) is 6.29. The minimum Gasteiger partial charge on any atom is -0.258 e. The van der Waals surface area contributed by atoms with E-state index in [-0.39, 0.29) is 5.69 Å². The van der Waals surface area contributed by atoms with Gasteiger partial charge in [0.25, 0.3) is 5.69 Å². The molecule has 0 amide bonds. The van der Waals surface area contributed by atoms with Crippen molar-refractivity contribution in [3.05, 3.63) is 88.0 Å². The van der Waals surface area contributed by atoms with Gasteiger partial charge in [0.2, 0.25) is 0 Å². The SMILES string of the molecule is N#C/C(=C\C=C\c1cccc([N+](=O)[O-])c1)c1ccccc1. The molecule has 0 unspecified atom stereocenters. The average molecular weight is 276 g/mol. The number of allylic oxidation sites excluding steroid dienone is 3. The zero-order valence-electron chi connectivity index (χ0n) is 11.1. The third-order valence-electron chi connectivity index (χ3n) is 2.84. The van der Waals surface area contributed by atoms with E-state index in [4.69, 9.17) is 5.26 Å². The number of nitriles is 1. The largest absolute Gasteiger partial charge is 0.270 e. The predicted molar refractivity (Wildman–Crippen MR) is 82.2 cm³/mol. The molecule has 2 rings (SSSR count). The van der Waals surface area contributed by atoms with Crippen molar-refractivity contribution in [3.8, 4) is 6.07 Å². The van der Waals surface area contributed by atoms with E-state index in [9.17, 15) is 10.1 Å². The quantitative estimate of drug-likeness (QED) is 0.363. The van der Waals surface area contributed by atoms with Gasteiger partial charge in [0, 0.05) is 12.1 Å². The third-order valence-corrected chi connectivity index (χ3v) is 2.84. The molecule has 21 heavy (non-hydrogen) atoms. The minimum absolute atomic E-state index is 0.0460. The van der Waals surface area contributed by atoms with Gasteiger partial charge in [-0.2, -0.15) is 5.26 Å². The van der Waals surface area contributed by atoms with Crippen LogP contribution in [0.15, 0.2) is 66.7 Å². The summed E-state index contributed by atoms with van der Waals surface area (Å²) in [6.45, 7) is 0. The summed E-state index contributed by atoms with van der Waals surface area (Å²) >= 11 is 0. The van der Waals surface area contributed by atoms with Crippen molar-refractivity contribution in [1.82, 2.24) is 0 Å². The Morgan fingerprint density at radius 3 is 2.57 bits per heavy atom. The van der Waals surface area contributed by atoms with Gasteiger partial charge in [0.05, 0.1) is 16.6 Å². The zero-order valence-corrected chi connectivity index (χ0v) is 11.1. The summed E-state index contributed by atoms with van der Waals surface area (Å²) < 4.78 is 0. The molecule has 2 aromatic carbocycles. The summed E-state index contributed by atoms with van der Waals surface area (Å²) in [5.74, 6) is 0. The highest BCUT2D eigenvalue weighted by Crippen LogP contribution is 2.16. The Kier molecular flexibility index (Phi) is 4.62. The van der Waals surface area contributed by atoms with Crippen molar-refractivity contribution in [3.63, 3.8) is 0 Å². The van der Waals surface area contributed by atoms with Crippen LogP contribution in [0.1, 0.15) is 11.1 Å². The Hall–Kier alpha value is -3.19. The predicted octanol–water partition coefficient (Wildman–Crippen LogP) is 4.22. The Balaban J connectivity index is 2.21. The number of hydrogen-bond donors (Lipinski definition) is 0. The van der Waals surface area contributed by atoms with Gasteiger partial charge in [-0.25, -0.2) is 0 Å². The molecule has 2 aromatic rings. The molecule has 0 atom stereocenters. The van der Waals surface area contributed by atoms with Gasteiger partial charge in [-0.15, -0.1) is 0 Å². The summed E-state index contributed by atoms with van der Waals surface area (Å²) in [6.07, 6.45) is 5.13.